The molecule has 0 radical (unpaired) electrons. The van der Waals surface area contributed by atoms with E-state index in [0.29, 0.717) is 6.61 Å². The second-order valence-electron chi connectivity index (χ2n) is 4.98. The van der Waals surface area contributed by atoms with Gasteiger partial charge in [0.25, 0.3) is 0 Å². The molecule has 3 atom stereocenters. The normalized spacial score (nSPS) is 32.5. The van der Waals surface area contributed by atoms with Gasteiger partial charge in [0.1, 0.15) is 6.04 Å². The van der Waals surface area contributed by atoms with Gasteiger partial charge in [-0.1, -0.05) is 0 Å². The van der Waals surface area contributed by atoms with Crippen LogP contribution in [0.3, 0.4) is 0 Å². The first-order chi connectivity index (χ1) is 8.58. The van der Waals surface area contributed by atoms with Crippen molar-refractivity contribution in [3.05, 3.63) is 0 Å². The molecule has 18 heavy (non-hydrogen) atoms. The Morgan fingerprint density at radius 1 is 1.33 bits per heavy atom. The lowest BCUT2D eigenvalue weighted by molar-refractivity contribution is -0.149. The molecular weight excluding hydrogens is 238 g/mol. The Bertz CT molecular complexity index is 326. The van der Waals surface area contributed by atoms with Crippen LogP contribution in [0.15, 0.2) is 0 Å². The SMILES string of the molecule is O=C(O)[C@@H]1CC(O)CN1C(=O)CC1CCCCO1. The van der Waals surface area contributed by atoms with E-state index in [2.05, 4.69) is 0 Å². The van der Waals surface area contributed by atoms with E-state index >= 15 is 0 Å². The Morgan fingerprint density at radius 3 is 2.72 bits per heavy atom. The van der Waals surface area contributed by atoms with E-state index in [1.807, 2.05) is 0 Å². The summed E-state index contributed by atoms with van der Waals surface area (Å²) in [4.78, 5) is 24.3. The van der Waals surface area contributed by atoms with E-state index in [4.69, 9.17) is 9.84 Å². The molecule has 2 rings (SSSR count). The number of β-amino-alcohol motifs (C(OH)–C–C–N with tert-alkyl or cyclic N) is 1. The maximum atomic E-state index is 12.0. The van der Waals surface area contributed by atoms with Crippen molar-refractivity contribution < 1.29 is 24.5 Å². The molecule has 2 N–H and O–H groups in total. The van der Waals surface area contributed by atoms with E-state index in [1.54, 1.807) is 0 Å². The van der Waals surface area contributed by atoms with Crippen LogP contribution in [0.2, 0.25) is 0 Å². The summed E-state index contributed by atoms with van der Waals surface area (Å²) in [6.07, 6.45) is 2.41. The van der Waals surface area contributed by atoms with Gasteiger partial charge in [-0.2, -0.15) is 0 Å². The zero-order valence-electron chi connectivity index (χ0n) is 10.2. The third kappa shape index (κ3) is 3.00. The molecule has 0 aromatic rings. The van der Waals surface area contributed by atoms with E-state index in [1.165, 1.54) is 4.90 Å². The summed E-state index contributed by atoms with van der Waals surface area (Å²) in [5.74, 6) is -1.28. The van der Waals surface area contributed by atoms with Gasteiger partial charge < -0.3 is 19.8 Å². The Morgan fingerprint density at radius 2 is 2.11 bits per heavy atom. The number of carboxylic acid groups (broad SMARTS) is 1. The number of nitrogens with zero attached hydrogens (tertiary/aromatic N) is 1. The zero-order chi connectivity index (χ0) is 13.1. The van der Waals surface area contributed by atoms with Crippen LogP contribution in [0, 0.1) is 0 Å². The maximum absolute atomic E-state index is 12.0. The van der Waals surface area contributed by atoms with Crippen LogP contribution in [-0.4, -0.2) is 58.4 Å². The average Bonchev–Trinajstić information content (AvgIpc) is 2.73. The predicted octanol–water partition coefficient (Wildman–Crippen LogP) is -0.00800. The number of rotatable bonds is 3. The number of hydrogen-bond acceptors (Lipinski definition) is 4. The molecule has 0 aromatic carbocycles. The molecule has 0 aromatic heterocycles. The van der Waals surface area contributed by atoms with Crippen LogP contribution in [0.25, 0.3) is 0 Å². The monoisotopic (exact) mass is 257 g/mol. The van der Waals surface area contributed by atoms with Crippen molar-refractivity contribution in [2.45, 2.75) is 50.4 Å². The van der Waals surface area contributed by atoms with Gasteiger partial charge in [0.05, 0.1) is 18.6 Å². The van der Waals surface area contributed by atoms with Crippen LogP contribution in [0.1, 0.15) is 32.1 Å². The van der Waals surface area contributed by atoms with Crippen molar-refractivity contribution in [2.75, 3.05) is 13.2 Å². The molecule has 6 heteroatoms. The van der Waals surface area contributed by atoms with Gasteiger partial charge in [-0.3, -0.25) is 4.79 Å². The van der Waals surface area contributed by atoms with Gasteiger partial charge in [0.2, 0.25) is 5.91 Å². The number of amides is 1. The van der Waals surface area contributed by atoms with Crippen molar-refractivity contribution in [3.8, 4) is 0 Å². The van der Waals surface area contributed by atoms with E-state index in [9.17, 15) is 14.7 Å². The molecule has 0 aliphatic carbocycles. The molecule has 1 amide bonds. The van der Waals surface area contributed by atoms with Crippen molar-refractivity contribution >= 4 is 11.9 Å². The van der Waals surface area contributed by atoms with E-state index in [-0.39, 0.29) is 31.4 Å². The largest absolute Gasteiger partial charge is 0.480 e. The highest BCUT2D eigenvalue weighted by Gasteiger charge is 2.39. The summed E-state index contributed by atoms with van der Waals surface area (Å²) in [6.45, 7) is 0.783. The third-order valence-electron chi connectivity index (χ3n) is 3.56. The van der Waals surface area contributed by atoms with E-state index < -0.39 is 18.1 Å². The predicted molar refractivity (Wildman–Crippen MR) is 62.0 cm³/mol. The lowest BCUT2D eigenvalue weighted by Gasteiger charge is -2.26. The molecule has 0 saturated carbocycles. The van der Waals surface area contributed by atoms with Crippen molar-refractivity contribution in [2.24, 2.45) is 0 Å². The minimum absolute atomic E-state index is 0.0987. The number of aliphatic hydroxyl groups excluding tert-OH is 1. The molecule has 102 valence electrons. The molecule has 0 bridgehead atoms. The number of ether oxygens (including phenoxy) is 1. The fourth-order valence-corrected chi connectivity index (χ4v) is 2.60. The molecule has 2 aliphatic rings. The van der Waals surface area contributed by atoms with E-state index in [0.717, 1.165) is 19.3 Å². The first-order valence-electron chi connectivity index (χ1n) is 6.40. The fraction of sp³-hybridized carbons (Fsp3) is 0.833. The molecule has 2 fully saturated rings. The molecule has 2 saturated heterocycles. The Balaban J connectivity index is 1.92. The standard InChI is InChI=1S/C12H19NO5/c14-8-5-10(12(16)17)13(7-8)11(15)6-9-3-1-2-4-18-9/h8-10,14H,1-7H2,(H,16,17)/t8?,9?,10-/m0/s1. The second kappa shape index (κ2) is 5.67. The molecule has 2 aliphatic heterocycles. The molecular formula is C12H19NO5. The number of aliphatic hydroxyl groups is 1. The smallest absolute Gasteiger partial charge is 0.326 e. The van der Waals surface area contributed by atoms with Crippen LogP contribution in [-0.2, 0) is 14.3 Å². The van der Waals surface area contributed by atoms with Gasteiger partial charge in [-0.15, -0.1) is 0 Å². The lowest BCUT2D eigenvalue weighted by atomic mass is 10.1. The summed E-state index contributed by atoms with van der Waals surface area (Å²) in [7, 11) is 0. The fourth-order valence-electron chi connectivity index (χ4n) is 2.60. The third-order valence-corrected chi connectivity index (χ3v) is 3.56. The number of hydrogen-bond donors (Lipinski definition) is 2. The highest BCUT2D eigenvalue weighted by atomic mass is 16.5. The topological polar surface area (TPSA) is 87.1 Å². The molecule has 6 nitrogen and oxygen atoms in total. The van der Waals surface area contributed by atoms with Crippen LogP contribution in [0.4, 0.5) is 0 Å². The Hall–Kier alpha value is -1.14. The van der Waals surface area contributed by atoms with Crippen molar-refractivity contribution in [3.63, 3.8) is 0 Å². The molecule has 0 spiro atoms. The van der Waals surface area contributed by atoms with Crippen LogP contribution in [0.5, 0.6) is 0 Å². The van der Waals surface area contributed by atoms with Crippen molar-refractivity contribution in [1.82, 2.24) is 4.90 Å². The molecule has 2 heterocycles. The van der Waals surface area contributed by atoms with Crippen LogP contribution < -0.4 is 0 Å². The van der Waals surface area contributed by atoms with Gasteiger partial charge in [-0.25, -0.2) is 4.79 Å². The summed E-state index contributed by atoms with van der Waals surface area (Å²) in [6, 6.07) is -0.893. The lowest BCUT2D eigenvalue weighted by Crippen LogP contribution is -2.42. The number of carbonyl (C=O) groups excluding carboxylic acids is 1. The van der Waals surface area contributed by atoms with Crippen molar-refractivity contribution in [1.29, 1.82) is 0 Å². The summed E-state index contributed by atoms with van der Waals surface area (Å²) >= 11 is 0. The van der Waals surface area contributed by atoms with Gasteiger partial charge in [0, 0.05) is 19.6 Å². The van der Waals surface area contributed by atoms with Gasteiger partial charge in [-0.05, 0) is 19.3 Å². The van der Waals surface area contributed by atoms with Gasteiger partial charge in [0.15, 0.2) is 0 Å². The zero-order valence-corrected chi connectivity index (χ0v) is 10.2. The number of carboxylic acids is 1. The second-order valence-corrected chi connectivity index (χ2v) is 4.98. The molecule has 2 unspecified atom stereocenters. The Labute approximate surface area is 106 Å². The average molecular weight is 257 g/mol. The van der Waals surface area contributed by atoms with Crippen LogP contribution >= 0.6 is 0 Å². The number of aliphatic carboxylic acids is 1. The maximum Gasteiger partial charge on any atom is 0.326 e. The minimum Gasteiger partial charge on any atom is -0.480 e. The number of carbonyl (C=O) groups is 2. The summed E-state index contributed by atoms with van der Waals surface area (Å²) in [5.41, 5.74) is 0. The minimum atomic E-state index is -1.05. The quantitative estimate of drug-likeness (QED) is 0.742. The van der Waals surface area contributed by atoms with Gasteiger partial charge >= 0.3 is 5.97 Å². The first-order valence-corrected chi connectivity index (χ1v) is 6.40. The summed E-state index contributed by atoms with van der Waals surface area (Å²) < 4.78 is 5.47. The highest BCUT2D eigenvalue weighted by Crippen LogP contribution is 2.22. The number of likely N-dealkylation sites (tertiary alicyclic amines) is 1. The first kappa shape index (κ1) is 13.3. The summed E-state index contributed by atoms with van der Waals surface area (Å²) in [5, 5.41) is 18.5. The highest BCUT2D eigenvalue weighted by molar-refractivity contribution is 5.84. The Kier molecular flexibility index (Phi) is 4.19.